The first kappa shape index (κ1) is 18.6. The Morgan fingerprint density at radius 3 is 2.50 bits per heavy atom. The molecule has 1 aliphatic rings. The monoisotopic (exact) mass is 329 g/mol. The molecular formula is C21H31NO2. The third kappa shape index (κ3) is 5.70. The Balaban J connectivity index is 1.87. The van der Waals surface area contributed by atoms with Crippen molar-refractivity contribution in [1.29, 1.82) is 0 Å². The molecule has 132 valence electrons. The van der Waals surface area contributed by atoms with Crippen LogP contribution in [0, 0.1) is 11.8 Å². The lowest BCUT2D eigenvalue weighted by atomic mass is 9.77. The van der Waals surface area contributed by atoms with Crippen LogP contribution in [0.5, 0.6) is 0 Å². The van der Waals surface area contributed by atoms with E-state index >= 15 is 0 Å². The van der Waals surface area contributed by atoms with Crippen LogP contribution in [-0.4, -0.2) is 11.1 Å². The lowest BCUT2D eigenvalue weighted by Crippen LogP contribution is -2.22. The van der Waals surface area contributed by atoms with E-state index in [4.69, 9.17) is 5.11 Å². The number of aryl methyl sites for hydroxylation is 1. The summed E-state index contributed by atoms with van der Waals surface area (Å²) in [7, 11) is 0. The summed E-state index contributed by atoms with van der Waals surface area (Å²) in [5, 5.41) is 12.2. The molecule has 3 heteroatoms. The van der Waals surface area contributed by atoms with Gasteiger partial charge in [-0.1, -0.05) is 44.9 Å². The molecule has 1 fully saturated rings. The minimum absolute atomic E-state index is 0.233. The van der Waals surface area contributed by atoms with Crippen molar-refractivity contribution in [2.24, 2.45) is 11.8 Å². The van der Waals surface area contributed by atoms with Gasteiger partial charge < -0.3 is 10.4 Å². The highest BCUT2D eigenvalue weighted by molar-refractivity contribution is 5.66. The van der Waals surface area contributed by atoms with Gasteiger partial charge in [-0.3, -0.25) is 4.79 Å². The van der Waals surface area contributed by atoms with E-state index in [0.717, 1.165) is 30.1 Å². The molecule has 3 nitrogen and oxygen atoms in total. The van der Waals surface area contributed by atoms with Gasteiger partial charge in [0.1, 0.15) is 0 Å². The summed E-state index contributed by atoms with van der Waals surface area (Å²) >= 11 is 0. The number of hydrogen-bond acceptors (Lipinski definition) is 2. The van der Waals surface area contributed by atoms with Crippen LogP contribution in [-0.2, 0) is 11.2 Å². The summed E-state index contributed by atoms with van der Waals surface area (Å²) in [6.07, 6.45) is 9.65. The number of carbonyl (C=O) groups is 1. The minimum atomic E-state index is -0.724. The molecule has 0 bridgehead atoms. The van der Waals surface area contributed by atoms with Crippen LogP contribution in [0.4, 0.5) is 5.69 Å². The molecule has 0 amide bonds. The highest BCUT2D eigenvalue weighted by Crippen LogP contribution is 2.35. The van der Waals surface area contributed by atoms with Gasteiger partial charge in [0.25, 0.3) is 0 Å². The quantitative estimate of drug-likeness (QED) is 0.617. The molecule has 0 aliphatic heterocycles. The molecule has 0 heterocycles. The fraction of sp³-hybridized carbons (Fsp3) is 0.571. The molecule has 24 heavy (non-hydrogen) atoms. The number of hydrogen-bond donors (Lipinski definition) is 2. The zero-order valence-corrected chi connectivity index (χ0v) is 14.9. The van der Waals surface area contributed by atoms with Crippen LogP contribution in [0.1, 0.15) is 63.9 Å². The summed E-state index contributed by atoms with van der Waals surface area (Å²) in [6, 6.07) is 8.32. The number of nitrogens with one attached hydrogen (secondary N) is 1. The van der Waals surface area contributed by atoms with Gasteiger partial charge in [0.2, 0.25) is 0 Å². The summed E-state index contributed by atoms with van der Waals surface area (Å²) in [5.74, 6) is 0.609. The number of carboxylic acid groups (broad SMARTS) is 1. The fourth-order valence-electron chi connectivity index (χ4n) is 3.88. The van der Waals surface area contributed by atoms with E-state index in [0.29, 0.717) is 12.3 Å². The van der Waals surface area contributed by atoms with Crippen molar-refractivity contribution in [3.8, 4) is 0 Å². The van der Waals surface area contributed by atoms with E-state index in [2.05, 4.69) is 43.1 Å². The van der Waals surface area contributed by atoms with Crippen molar-refractivity contribution < 1.29 is 9.90 Å². The molecule has 1 unspecified atom stereocenters. The third-order valence-corrected chi connectivity index (χ3v) is 5.22. The topological polar surface area (TPSA) is 49.3 Å². The van der Waals surface area contributed by atoms with Crippen molar-refractivity contribution in [3.05, 3.63) is 42.1 Å². The van der Waals surface area contributed by atoms with E-state index in [1.807, 2.05) is 0 Å². The molecule has 0 radical (unpaired) electrons. The van der Waals surface area contributed by atoms with Crippen molar-refractivity contribution in [2.45, 2.75) is 64.7 Å². The third-order valence-electron chi connectivity index (χ3n) is 5.22. The normalized spacial score (nSPS) is 16.5. The standard InChI is InChI=1S/C21H31NO2/c1-3-20(18-9-5-4-6-10-18)16(2)22-19-14-12-17(13-15-19)8-7-11-21(23)24/h12-15,18,20,22H,2-11H2,1H3,(H,23,24). The zero-order chi connectivity index (χ0) is 17.4. The van der Waals surface area contributed by atoms with Crippen LogP contribution in [0.15, 0.2) is 36.5 Å². The molecule has 2 rings (SSSR count). The lowest BCUT2D eigenvalue weighted by molar-refractivity contribution is -0.137. The Bertz CT molecular complexity index is 529. The minimum Gasteiger partial charge on any atom is -0.481 e. The number of allylic oxidation sites excluding steroid dienone is 1. The SMILES string of the molecule is C=C(Nc1ccc(CCCC(=O)O)cc1)C(CC)C1CCCCC1. The van der Waals surface area contributed by atoms with Gasteiger partial charge in [-0.05, 0) is 55.7 Å². The van der Waals surface area contributed by atoms with Crippen LogP contribution in [0.25, 0.3) is 0 Å². The maximum atomic E-state index is 10.6. The first-order valence-corrected chi connectivity index (χ1v) is 9.36. The molecule has 1 aromatic rings. The predicted octanol–water partition coefficient (Wildman–Crippen LogP) is 5.63. The van der Waals surface area contributed by atoms with Crippen molar-refractivity contribution >= 4 is 11.7 Å². The average Bonchev–Trinajstić information content (AvgIpc) is 2.58. The van der Waals surface area contributed by atoms with Crippen LogP contribution < -0.4 is 5.32 Å². The van der Waals surface area contributed by atoms with Crippen LogP contribution in [0.3, 0.4) is 0 Å². The second-order valence-corrected chi connectivity index (χ2v) is 7.01. The van der Waals surface area contributed by atoms with Gasteiger partial charge in [0.05, 0.1) is 0 Å². The Kier molecular flexibility index (Phi) is 7.36. The Hall–Kier alpha value is -1.77. The van der Waals surface area contributed by atoms with Crippen molar-refractivity contribution in [2.75, 3.05) is 5.32 Å². The lowest BCUT2D eigenvalue weighted by Gasteiger charge is -2.31. The first-order valence-electron chi connectivity index (χ1n) is 9.36. The zero-order valence-electron chi connectivity index (χ0n) is 14.9. The summed E-state index contributed by atoms with van der Waals surface area (Å²) < 4.78 is 0. The largest absolute Gasteiger partial charge is 0.481 e. The van der Waals surface area contributed by atoms with Crippen molar-refractivity contribution in [3.63, 3.8) is 0 Å². The molecule has 0 spiro atoms. The van der Waals surface area contributed by atoms with Gasteiger partial charge in [0, 0.05) is 23.7 Å². The van der Waals surface area contributed by atoms with Crippen molar-refractivity contribution in [1.82, 2.24) is 0 Å². The summed E-state index contributed by atoms with van der Waals surface area (Å²) in [5.41, 5.74) is 3.41. The van der Waals surface area contributed by atoms with E-state index in [9.17, 15) is 4.79 Å². The average molecular weight is 329 g/mol. The number of rotatable bonds is 9. The number of anilines is 1. The Labute approximate surface area is 146 Å². The van der Waals surface area contributed by atoms with Gasteiger partial charge in [-0.15, -0.1) is 0 Å². The number of benzene rings is 1. The predicted molar refractivity (Wildman–Crippen MR) is 100 cm³/mol. The first-order chi connectivity index (χ1) is 11.6. The highest BCUT2D eigenvalue weighted by Gasteiger charge is 2.24. The number of aliphatic carboxylic acids is 1. The van der Waals surface area contributed by atoms with Gasteiger partial charge in [-0.2, -0.15) is 0 Å². The molecule has 1 aromatic carbocycles. The summed E-state index contributed by atoms with van der Waals surface area (Å²) in [4.78, 5) is 10.6. The van der Waals surface area contributed by atoms with Crippen LogP contribution >= 0.6 is 0 Å². The molecule has 0 saturated heterocycles. The van der Waals surface area contributed by atoms with Gasteiger partial charge >= 0.3 is 5.97 Å². The molecule has 1 saturated carbocycles. The fourth-order valence-corrected chi connectivity index (χ4v) is 3.88. The van der Waals surface area contributed by atoms with Gasteiger partial charge in [0.15, 0.2) is 0 Å². The van der Waals surface area contributed by atoms with E-state index < -0.39 is 5.97 Å². The van der Waals surface area contributed by atoms with E-state index in [1.165, 1.54) is 37.7 Å². The van der Waals surface area contributed by atoms with E-state index in [1.54, 1.807) is 0 Å². The Morgan fingerprint density at radius 1 is 1.25 bits per heavy atom. The molecule has 1 aliphatic carbocycles. The smallest absolute Gasteiger partial charge is 0.303 e. The second kappa shape index (κ2) is 9.51. The molecule has 2 N–H and O–H groups in total. The summed E-state index contributed by atoms with van der Waals surface area (Å²) in [6.45, 7) is 6.57. The maximum Gasteiger partial charge on any atom is 0.303 e. The molecular weight excluding hydrogens is 298 g/mol. The Morgan fingerprint density at radius 2 is 1.92 bits per heavy atom. The maximum absolute atomic E-state index is 10.6. The highest BCUT2D eigenvalue weighted by atomic mass is 16.4. The van der Waals surface area contributed by atoms with Crippen LogP contribution in [0.2, 0.25) is 0 Å². The number of carboxylic acids is 1. The molecule has 1 atom stereocenters. The van der Waals surface area contributed by atoms with E-state index in [-0.39, 0.29) is 6.42 Å². The second-order valence-electron chi connectivity index (χ2n) is 7.01. The molecule has 0 aromatic heterocycles. The van der Waals surface area contributed by atoms with Gasteiger partial charge in [-0.25, -0.2) is 0 Å².